The average Bonchev–Trinajstić information content (AvgIpc) is 2.41. The van der Waals surface area contributed by atoms with Crippen LogP contribution < -0.4 is 0 Å². The lowest BCUT2D eigenvalue weighted by molar-refractivity contribution is 0.995. The summed E-state index contributed by atoms with van der Waals surface area (Å²) in [5, 5.41) is 8.66. The second-order valence-corrected chi connectivity index (χ2v) is 3.52. The molecule has 17 heavy (non-hydrogen) atoms. The minimum Gasteiger partial charge on any atom is -0.286 e. The molecular formula is C14H11N3. The topological polar surface area (TPSA) is 49.0 Å². The van der Waals surface area contributed by atoms with E-state index in [2.05, 4.69) is 16.0 Å². The summed E-state index contributed by atoms with van der Waals surface area (Å²) in [5.41, 5.74) is 2.59. The van der Waals surface area contributed by atoms with Gasteiger partial charge >= 0.3 is 0 Å². The van der Waals surface area contributed by atoms with E-state index in [1.54, 1.807) is 24.5 Å². The first kappa shape index (κ1) is 11.0. The van der Waals surface area contributed by atoms with Gasteiger partial charge in [0.1, 0.15) is 0 Å². The first-order valence-electron chi connectivity index (χ1n) is 5.28. The minimum atomic E-state index is 0.570. The second-order valence-electron chi connectivity index (χ2n) is 3.52. The maximum atomic E-state index is 8.66. The van der Waals surface area contributed by atoms with Crippen molar-refractivity contribution >= 4 is 6.21 Å². The van der Waals surface area contributed by atoms with Crippen LogP contribution in [0.5, 0.6) is 0 Å². The molecule has 0 saturated carbocycles. The molecule has 2 aromatic rings. The van der Waals surface area contributed by atoms with Crippen LogP contribution in [0.15, 0.2) is 53.7 Å². The van der Waals surface area contributed by atoms with E-state index in [1.807, 2.05) is 30.3 Å². The van der Waals surface area contributed by atoms with Crippen LogP contribution in [0.3, 0.4) is 0 Å². The van der Waals surface area contributed by atoms with Crippen molar-refractivity contribution < 1.29 is 0 Å². The monoisotopic (exact) mass is 221 g/mol. The number of benzene rings is 1. The van der Waals surface area contributed by atoms with Gasteiger partial charge in [0.25, 0.3) is 0 Å². The fraction of sp³-hybridized carbons (Fsp3) is 0.0714. The van der Waals surface area contributed by atoms with Crippen LogP contribution in [0.1, 0.15) is 16.8 Å². The minimum absolute atomic E-state index is 0.570. The van der Waals surface area contributed by atoms with Crippen molar-refractivity contribution in [3.8, 4) is 6.07 Å². The summed E-state index contributed by atoms with van der Waals surface area (Å²) in [7, 11) is 0. The summed E-state index contributed by atoms with van der Waals surface area (Å²) in [5.74, 6) is 0. The quantitative estimate of drug-likeness (QED) is 0.748. The van der Waals surface area contributed by atoms with Crippen LogP contribution >= 0.6 is 0 Å². The van der Waals surface area contributed by atoms with Crippen molar-refractivity contribution in [3.63, 3.8) is 0 Å². The van der Waals surface area contributed by atoms with Crippen molar-refractivity contribution in [2.24, 2.45) is 4.99 Å². The third-order valence-corrected chi connectivity index (χ3v) is 2.26. The maximum absolute atomic E-state index is 8.66. The Labute approximate surface area is 100 Å². The average molecular weight is 221 g/mol. The zero-order valence-corrected chi connectivity index (χ0v) is 9.24. The van der Waals surface area contributed by atoms with Gasteiger partial charge in [-0.05, 0) is 29.8 Å². The summed E-state index contributed by atoms with van der Waals surface area (Å²) >= 11 is 0. The summed E-state index contributed by atoms with van der Waals surface area (Å²) < 4.78 is 0. The number of nitriles is 1. The van der Waals surface area contributed by atoms with Gasteiger partial charge in [-0.2, -0.15) is 5.26 Å². The van der Waals surface area contributed by atoms with Crippen molar-refractivity contribution in [1.82, 2.24) is 4.98 Å². The van der Waals surface area contributed by atoms with Gasteiger partial charge in [-0.1, -0.05) is 18.2 Å². The van der Waals surface area contributed by atoms with E-state index in [0.717, 1.165) is 11.3 Å². The smallest absolute Gasteiger partial charge is 0.0991 e. The van der Waals surface area contributed by atoms with Crippen molar-refractivity contribution in [3.05, 3.63) is 65.5 Å². The molecule has 0 atom stereocenters. The summed E-state index contributed by atoms with van der Waals surface area (Å²) in [6, 6.07) is 15.2. The van der Waals surface area contributed by atoms with E-state index in [1.165, 1.54) is 0 Å². The lowest BCUT2D eigenvalue weighted by Crippen LogP contribution is -1.87. The molecule has 0 fully saturated rings. The molecule has 82 valence electrons. The molecule has 1 heterocycles. The number of aliphatic imine (C=N–C) groups is 1. The lowest BCUT2D eigenvalue weighted by Gasteiger charge is -1.95. The number of aromatic nitrogens is 1. The highest BCUT2D eigenvalue weighted by atomic mass is 14.8. The van der Waals surface area contributed by atoms with E-state index in [9.17, 15) is 0 Å². The first-order valence-corrected chi connectivity index (χ1v) is 5.28. The standard InChI is InChI=1S/C14H11N3/c15-9-12-4-6-13(7-5-12)10-16-11-14-3-1-2-8-17-14/h1-8,10H,11H2. The number of nitrogens with zero attached hydrogens (tertiary/aromatic N) is 3. The van der Waals surface area contributed by atoms with Crippen LogP contribution in [0, 0.1) is 11.3 Å². The summed E-state index contributed by atoms with van der Waals surface area (Å²) in [6.45, 7) is 0.570. The molecule has 3 heteroatoms. The number of rotatable bonds is 3. The lowest BCUT2D eigenvalue weighted by atomic mass is 10.2. The first-order chi connectivity index (χ1) is 8.38. The fourth-order valence-corrected chi connectivity index (χ4v) is 1.38. The zero-order chi connectivity index (χ0) is 11.9. The molecule has 0 unspecified atom stereocenters. The predicted octanol–water partition coefficient (Wildman–Crippen LogP) is 2.57. The molecule has 0 aliphatic carbocycles. The Morgan fingerprint density at radius 2 is 2.00 bits per heavy atom. The molecule has 2 rings (SSSR count). The Morgan fingerprint density at radius 1 is 1.18 bits per heavy atom. The highest BCUT2D eigenvalue weighted by molar-refractivity contribution is 5.79. The maximum Gasteiger partial charge on any atom is 0.0991 e. The van der Waals surface area contributed by atoms with Crippen LogP contribution in [0.25, 0.3) is 0 Å². The highest BCUT2D eigenvalue weighted by Gasteiger charge is 1.91. The number of hydrogen-bond acceptors (Lipinski definition) is 3. The third-order valence-electron chi connectivity index (χ3n) is 2.26. The fourth-order valence-electron chi connectivity index (χ4n) is 1.38. The zero-order valence-electron chi connectivity index (χ0n) is 9.24. The molecule has 0 aliphatic rings. The molecule has 1 aromatic carbocycles. The Balaban J connectivity index is 1.99. The van der Waals surface area contributed by atoms with Crippen molar-refractivity contribution in [2.45, 2.75) is 6.54 Å². The van der Waals surface area contributed by atoms with E-state index < -0.39 is 0 Å². The Kier molecular flexibility index (Phi) is 3.61. The van der Waals surface area contributed by atoms with Gasteiger partial charge < -0.3 is 0 Å². The normalized spacial score (nSPS) is 10.3. The van der Waals surface area contributed by atoms with E-state index >= 15 is 0 Å². The third kappa shape index (κ3) is 3.25. The van der Waals surface area contributed by atoms with Gasteiger partial charge in [0, 0.05) is 12.4 Å². The number of pyridine rings is 1. The molecule has 0 bridgehead atoms. The summed E-state index contributed by atoms with van der Waals surface area (Å²) in [6.07, 6.45) is 3.54. The Bertz CT molecular complexity index is 536. The van der Waals surface area contributed by atoms with Gasteiger partial charge in [0.15, 0.2) is 0 Å². The molecule has 1 aromatic heterocycles. The number of hydrogen-bond donors (Lipinski definition) is 0. The molecule has 0 saturated heterocycles. The van der Waals surface area contributed by atoms with Crippen LogP contribution in [-0.2, 0) is 6.54 Å². The Hall–Kier alpha value is -2.47. The van der Waals surface area contributed by atoms with Crippen LogP contribution in [0.2, 0.25) is 0 Å². The molecule has 0 spiro atoms. The largest absolute Gasteiger partial charge is 0.286 e. The van der Waals surface area contributed by atoms with Gasteiger partial charge in [-0.3, -0.25) is 9.98 Å². The second kappa shape index (κ2) is 5.57. The van der Waals surface area contributed by atoms with Gasteiger partial charge in [0.2, 0.25) is 0 Å². The molecule has 0 amide bonds. The van der Waals surface area contributed by atoms with Crippen molar-refractivity contribution in [1.29, 1.82) is 5.26 Å². The highest BCUT2D eigenvalue weighted by Crippen LogP contribution is 2.01. The molecule has 0 radical (unpaired) electrons. The van der Waals surface area contributed by atoms with E-state index in [4.69, 9.17) is 5.26 Å². The predicted molar refractivity (Wildman–Crippen MR) is 66.7 cm³/mol. The molecule has 0 N–H and O–H groups in total. The molecule has 3 nitrogen and oxygen atoms in total. The van der Waals surface area contributed by atoms with Gasteiger partial charge in [-0.25, -0.2) is 0 Å². The van der Waals surface area contributed by atoms with Gasteiger partial charge in [0.05, 0.1) is 23.9 Å². The van der Waals surface area contributed by atoms with E-state index in [-0.39, 0.29) is 0 Å². The summed E-state index contributed by atoms with van der Waals surface area (Å²) in [4.78, 5) is 8.48. The van der Waals surface area contributed by atoms with Crippen molar-refractivity contribution in [2.75, 3.05) is 0 Å². The Morgan fingerprint density at radius 3 is 2.65 bits per heavy atom. The van der Waals surface area contributed by atoms with E-state index in [0.29, 0.717) is 12.1 Å². The molecular weight excluding hydrogens is 210 g/mol. The van der Waals surface area contributed by atoms with Crippen LogP contribution in [-0.4, -0.2) is 11.2 Å². The van der Waals surface area contributed by atoms with Crippen LogP contribution in [0.4, 0.5) is 0 Å². The molecule has 0 aliphatic heterocycles. The van der Waals surface area contributed by atoms with Gasteiger partial charge in [-0.15, -0.1) is 0 Å². The SMILES string of the molecule is N#Cc1ccc(C=NCc2ccccn2)cc1.